The van der Waals surface area contributed by atoms with E-state index < -0.39 is 0 Å². The summed E-state index contributed by atoms with van der Waals surface area (Å²) in [5, 5.41) is 2.43. The van der Waals surface area contributed by atoms with Crippen molar-refractivity contribution >= 4 is 46.2 Å². The van der Waals surface area contributed by atoms with Crippen molar-refractivity contribution in [1.29, 1.82) is 0 Å². The summed E-state index contributed by atoms with van der Waals surface area (Å²) in [6.45, 7) is 2.32. The van der Waals surface area contributed by atoms with Gasteiger partial charge in [-0.05, 0) is 42.5 Å². The van der Waals surface area contributed by atoms with Gasteiger partial charge < -0.3 is 5.32 Å². The van der Waals surface area contributed by atoms with Crippen molar-refractivity contribution in [3.05, 3.63) is 62.7 Å². The van der Waals surface area contributed by atoms with Crippen molar-refractivity contribution < 1.29 is 14.4 Å². The lowest BCUT2D eigenvalue weighted by Crippen LogP contribution is -2.37. The fourth-order valence-electron chi connectivity index (χ4n) is 2.32. The van der Waals surface area contributed by atoms with Gasteiger partial charge in [0, 0.05) is 18.0 Å². The molecule has 0 spiro atoms. The van der Waals surface area contributed by atoms with Gasteiger partial charge in [0.1, 0.15) is 0 Å². The Kier molecular flexibility index (Phi) is 5.35. The van der Waals surface area contributed by atoms with Crippen LogP contribution in [0.2, 0.25) is 0 Å². The van der Waals surface area contributed by atoms with Crippen LogP contribution in [-0.4, -0.2) is 35.0 Å². The van der Waals surface area contributed by atoms with E-state index >= 15 is 0 Å². The number of rotatable bonds is 5. The molecule has 1 aliphatic heterocycles. The minimum Gasteiger partial charge on any atom is -0.350 e. The number of aryl methyl sites for hydroxylation is 1. The maximum absolute atomic E-state index is 12.4. The maximum atomic E-state index is 12.4. The molecule has 0 atom stereocenters. The van der Waals surface area contributed by atoms with Crippen molar-refractivity contribution in [3.63, 3.8) is 0 Å². The summed E-state index contributed by atoms with van der Waals surface area (Å²) in [5.74, 6) is -0.509. The highest BCUT2D eigenvalue weighted by Gasteiger charge is 2.34. The van der Waals surface area contributed by atoms with Crippen LogP contribution in [0.5, 0.6) is 0 Å². The first-order valence-electron chi connectivity index (χ1n) is 7.69. The Morgan fingerprint density at radius 1 is 1.16 bits per heavy atom. The summed E-state index contributed by atoms with van der Waals surface area (Å²) < 4.78 is 0. The highest BCUT2D eigenvalue weighted by Crippen LogP contribution is 2.31. The number of nitrogens with zero attached hydrogens (tertiary/aromatic N) is 1. The maximum Gasteiger partial charge on any atom is 0.293 e. The Balaban J connectivity index is 1.58. The van der Waals surface area contributed by atoms with Gasteiger partial charge in [-0.15, -0.1) is 11.3 Å². The molecular formula is C18H16N2O3S2. The van der Waals surface area contributed by atoms with Crippen molar-refractivity contribution in [2.75, 3.05) is 13.1 Å². The van der Waals surface area contributed by atoms with Gasteiger partial charge in [-0.1, -0.05) is 30.3 Å². The molecule has 5 nitrogen and oxygen atoms in total. The highest BCUT2D eigenvalue weighted by atomic mass is 32.2. The van der Waals surface area contributed by atoms with Gasteiger partial charge in [-0.3, -0.25) is 19.3 Å². The molecule has 1 aromatic heterocycles. The zero-order chi connectivity index (χ0) is 17.8. The number of carbonyl (C=O) groups excluding carboxylic acids is 3. The molecular weight excluding hydrogens is 356 g/mol. The van der Waals surface area contributed by atoms with Crippen LogP contribution in [0, 0.1) is 6.92 Å². The summed E-state index contributed by atoms with van der Waals surface area (Å²) in [5.41, 5.74) is 0.870. The van der Waals surface area contributed by atoms with Gasteiger partial charge in [0.25, 0.3) is 17.1 Å². The third-order valence-electron chi connectivity index (χ3n) is 3.56. The second-order valence-corrected chi connectivity index (χ2v) is 7.69. The van der Waals surface area contributed by atoms with Crippen molar-refractivity contribution in [3.8, 4) is 0 Å². The Morgan fingerprint density at radius 3 is 2.60 bits per heavy atom. The largest absolute Gasteiger partial charge is 0.350 e. The van der Waals surface area contributed by atoms with Gasteiger partial charge >= 0.3 is 0 Å². The summed E-state index contributed by atoms with van der Waals surface area (Å²) in [6, 6.07) is 13.0. The average Bonchev–Trinajstić information content (AvgIpc) is 3.14. The number of thiophene rings is 1. The lowest BCUT2D eigenvalue weighted by Gasteiger charge is -2.12. The highest BCUT2D eigenvalue weighted by molar-refractivity contribution is 8.18. The third-order valence-corrected chi connectivity index (χ3v) is 5.46. The number of nitrogens with one attached hydrogen (secondary N) is 1. The molecule has 0 saturated carbocycles. The van der Waals surface area contributed by atoms with Crippen LogP contribution >= 0.6 is 23.1 Å². The SMILES string of the molecule is Cc1ccc(C(=O)NCCN2C(=O)S/C(=C\c3ccccc3)C2=O)s1. The quantitative estimate of drug-likeness (QED) is 0.816. The van der Waals surface area contributed by atoms with E-state index in [9.17, 15) is 14.4 Å². The predicted molar refractivity (Wildman–Crippen MR) is 101 cm³/mol. The molecule has 1 saturated heterocycles. The molecule has 128 valence electrons. The standard InChI is InChI=1S/C18H16N2O3S2/c1-12-7-8-14(24-12)16(21)19-9-10-20-17(22)15(25-18(20)23)11-13-5-3-2-4-6-13/h2-8,11H,9-10H2,1H3,(H,19,21)/b15-11-. The molecule has 3 amide bonds. The second kappa shape index (κ2) is 7.67. The van der Waals surface area contributed by atoms with E-state index in [-0.39, 0.29) is 30.1 Å². The van der Waals surface area contributed by atoms with E-state index in [2.05, 4.69) is 5.32 Å². The number of carbonyl (C=O) groups is 3. The van der Waals surface area contributed by atoms with Crippen LogP contribution < -0.4 is 5.32 Å². The van der Waals surface area contributed by atoms with Crippen LogP contribution in [0.4, 0.5) is 4.79 Å². The number of hydrogen-bond donors (Lipinski definition) is 1. The smallest absolute Gasteiger partial charge is 0.293 e. The summed E-state index contributed by atoms with van der Waals surface area (Å²) in [4.78, 5) is 39.7. The van der Waals surface area contributed by atoms with E-state index in [4.69, 9.17) is 0 Å². The first kappa shape index (κ1) is 17.4. The zero-order valence-electron chi connectivity index (χ0n) is 13.5. The molecule has 1 N–H and O–H groups in total. The van der Waals surface area contributed by atoms with Crippen LogP contribution in [0.3, 0.4) is 0 Å². The molecule has 7 heteroatoms. The summed E-state index contributed by atoms with van der Waals surface area (Å²) in [7, 11) is 0. The number of hydrogen-bond acceptors (Lipinski definition) is 5. The molecule has 1 fully saturated rings. The number of amides is 3. The zero-order valence-corrected chi connectivity index (χ0v) is 15.2. The Labute approximate surface area is 153 Å². The molecule has 1 aliphatic rings. The predicted octanol–water partition coefficient (Wildman–Crippen LogP) is 3.52. The summed E-state index contributed by atoms with van der Waals surface area (Å²) >= 11 is 2.33. The van der Waals surface area contributed by atoms with E-state index in [1.54, 1.807) is 12.1 Å². The Morgan fingerprint density at radius 2 is 1.92 bits per heavy atom. The topological polar surface area (TPSA) is 66.5 Å². The van der Waals surface area contributed by atoms with Crippen molar-refractivity contribution in [2.24, 2.45) is 0 Å². The monoisotopic (exact) mass is 372 g/mol. The minimum atomic E-state index is -0.319. The van der Waals surface area contributed by atoms with Crippen molar-refractivity contribution in [2.45, 2.75) is 6.92 Å². The van der Waals surface area contributed by atoms with E-state index in [1.165, 1.54) is 16.2 Å². The van der Waals surface area contributed by atoms with E-state index in [0.29, 0.717) is 9.78 Å². The minimum absolute atomic E-state index is 0.160. The van der Waals surface area contributed by atoms with Crippen LogP contribution in [0.15, 0.2) is 47.4 Å². The van der Waals surface area contributed by atoms with Gasteiger partial charge in [0.2, 0.25) is 0 Å². The fourth-order valence-corrected chi connectivity index (χ4v) is 3.97. The van der Waals surface area contributed by atoms with Gasteiger partial charge in [0.05, 0.1) is 9.78 Å². The molecule has 3 rings (SSSR count). The van der Waals surface area contributed by atoms with Crippen LogP contribution in [-0.2, 0) is 4.79 Å². The van der Waals surface area contributed by atoms with Gasteiger partial charge in [-0.2, -0.15) is 0 Å². The lowest BCUT2D eigenvalue weighted by molar-refractivity contribution is -0.122. The normalized spacial score (nSPS) is 15.9. The second-order valence-electron chi connectivity index (χ2n) is 5.41. The first-order chi connectivity index (χ1) is 12.0. The Hall–Kier alpha value is -2.38. The fraction of sp³-hybridized carbons (Fsp3) is 0.167. The van der Waals surface area contributed by atoms with Gasteiger partial charge in [0.15, 0.2) is 0 Å². The molecule has 0 unspecified atom stereocenters. The van der Waals surface area contributed by atoms with Crippen LogP contribution in [0.1, 0.15) is 20.1 Å². The molecule has 25 heavy (non-hydrogen) atoms. The summed E-state index contributed by atoms with van der Waals surface area (Å²) in [6.07, 6.45) is 1.71. The molecule has 2 heterocycles. The first-order valence-corrected chi connectivity index (χ1v) is 9.33. The molecule has 0 aliphatic carbocycles. The number of benzene rings is 1. The molecule has 2 aromatic rings. The van der Waals surface area contributed by atoms with Crippen LogP contribution in [0.25, 0.3) is 6.08 Å². The van der Waals surface area contributed by atoms with E-state index in [0.717, 1.165) is 22.2 Å². The van der Waals surface area contributed by atoms with Crippen molar-refractivity contribution in [1.82, 2.24) is 10.2 Å². The molecule has 0 radical (unpaired) electrons. The molecule has 1 aromatic carbocycles. The Bertz CT molecular complexity index is 843. The third kappa shape index (κ3) is 4.18. The lowest BCUT2D eigenvalue weighted by atomic mass is 10.2. The van der Waals surface area contributed by atoms with Gasteiger partial charge in [-0.25, -0.2) is 0 Å². The molecule has 0 bridgehead atoms. The number of thioether (sulfide) groups is 1. The average molecular weight is 372 g/mol. The van der Waals surface area contributed by atoms with E-state index in [1.807, 2.05) is 43.3 Å². The number of imide groups is 1.